The van der Waals surface area contributed by atoms with Gasteiger partial charge in [0.15, 0.2) is 5.82 Å². The molecule has 0 atom stereocenters. The summed E-state index contributed by atoms with van der Waals surface area (Å²) < 4.78 is 5.23. The predicted molar refractivity (Wildman–Crippen MR) is 96.7 cm³/mol. The molecule has 0 aliphatic heterocycles. The van der Waals surface area contributed by atoms with Crippen LogP contribution in [0, 0.1) is 0 Å². The van der Waals surface area contributed by atoms with Crippen molar-refractivity contribution in [2.75, 3.05) is 14.1 Å². The van der Waals surface area contributed by atoms with Crippen LogP contribution in [0.5, 0.6) is 0 Å². The van der Waals surface area contributed by atoms with Gasteiger partial charge < -0.3 is 19.7 Å². The van der Waals surface area contributed by atoms with E-state index in [9.17, 15) is 9.59 Å². The zero-order valence-corrected chi connectivity index (χ0v) is 15.2. The fourth-order valence-corrected chi connectivity index (χ4v) is 2.64. The number of amides is 1. The third kappa shape index (κ3) is 3.65. The van der Waals surface area contributed by atoms with Crippen LogP contribution in [0.15, 0.2) is 39.6 Å². The van der Waals surface area contributed by atoms with Crippen molar-refractivity contribution in [2.24, 2.45) is 0 Å². The second-order valence-corrected chi connectivity index (χ2v) is 6.92. The van der Waals surface area contributed by atoms with E-state index in [1.807, 2.05) is 25.1 Å². The minimum atomic E-state index is -0.866. The first-order chi connectivity index (χ1) is 12.3. The van der Waals surface area contributed by atoms with E-state index in [1.165, 1.54) is 6.07 Å². The molecule has 0 radical (unpaired) electrons. The highest BCUT2D eigenvalue weighted by Gasteiger charge is 2.29. The molecule has 1 amide bonds. The van der Waals surface area contributed by atoms with Crippen LogP contribution < -0.4 is 10.9 Å². The molecule has 2 aromatic heterocycles. The summed E-state index contributed by atoms with van der Waals surface area (Å²) in [5, 5.41) is 7.53. The van der Waals surface area contributed by atoms with Crippen molar-refractivity contribution in [1.82, 2.24) is 25.3 Å². The zero-order chi connectivity index (χ0) is 18.9. The molecule has 8 heteroatoms. The third-order valence-electron chi connectivity index (χ3n) is 3.90. The van der Waals surface area contributed by atoms with Gasteiger partial charge in [-0.15, -0.1) is 0 Å². The molecule has 8 nitrogen and oxygen atoms in total. The van der Waals surface area contributed by atoms with Gasteiger partial charge in [0.05, 0.1) is 17.6 Å². The average Bonchev–Trinajstić information content (AvgIpc) is 3.02. The van der Waals surface area contributed by atoms with Crippen LogP contribution in [0.4, 0.5) is 0 Å². The zero-order valence-electron chi connectivity index (χ0n) is 15.2. The Balaban J connectivity index is 1.89. The first kappa shape index (κ1) is 17.8. The predicted octanol–water partition coefficient (Wildman–Crippen LogP) is 1.64. The summed E-state index contributed by atoms with van der Waals surface area (Å²) >= 11 is 0. The van der Waals surface area contributed by atoms with Gasteiger partial charge in [0.2, 0.25) is 11.4 Å². The molecule has 136 valence electrons. The summed E-state index contributed by atoms with van der Waals surface area (Å²) in [6, 6.07) is 8.45. The van der Waals surface area contributed by atoms with Gasteiger partial charge in [0.1, 0.15) is 0 Å². The van der Waals surface area contributed by atoms with Gasteiger partial charge in [-0.05, 0) is 34.0 Å². The van der Waals surface area contributed by atoms with E-state index in [0.717, 1.165) is 0 Å². The highest BCUT2D eigenvalue weighted by molar-refractivity contribution is 6.06. The van der Waals surface area contributed by atoms with Crippen molar-refractivity contribution in [1.29, 1.82) is 0 Å². The topological polar surface area (TPSA) is 104 Å². The lowest BCUT2D eigenvalue weighted by molar-refractivity contribution is 0.0909. The number of hydrogen-bond acceptors (Lipinski definition) is 6. The summed E-state index contributed by atoms with van der Waals surface area (Å²) in [4.78, 5) is 33.7. The van der Waals surface area contributed by atoms with Crippen LogP contribution in [0.2, 0.25) is 0 Å². The molecule has 2 heterocycles. The standard InChI is InChI=1S/C18H21N5O3/c1-18(2,17-20-15(26-22-17)10-23(3)4)21-16(25)12-9-14(24)19-13-8-6-5-7-11(12)13/h5-9H,10H2,1-4H3,(H,19,24)(H,21,25). The Morgan fingerprint density at radius 2 is 2.04 bits per heavy atom. The number of nitrogens with one attached hydrogen (secondary N) is 2. The molecule has 0 unspecified atom stereocenters. The Morgan fingerprint density at radius 1 is 1.31 bits per heavy atom. The fraction of sp³-hybridized carbons (Fsp3) is 0.333. The van der Waals surface area contributed by atoms with E-state index in [2.05, 4.69) is 20.4 Å². The van der Waals surface area contributed by atoms with E-state index in [4.69, 9.17) is 4.52 Å². The lowest BCUT2D eigenvalue weighted by atomic mass is 10.0. The van der Waals surface area contributed by atoms with Crippen molar-refractivity contribution in [3.05, 3.63) is 58.0 Å². The first-order valence-electron chi connectivity index (χ1n) is 8.18. The van der Waals surface area contributed by atoms with Crippen LogP contribution in [0.1, 0.15) is 35.9 Å². The van der Waals surface area contributed by atoms with Crippen LogP contribution in [0.25, 0.3) is 10.9 Å². The number of pyridine rings is 1. The number of para-hydroxylation sites is 1. The van der Waals surface area contributed by atoms with Crippen LogP contribution in [0.3, 0.4) is 0 Å². The molecule has 0 saturated carbocycles. The molecule has 3 aromatic rings. The highest BCUT2D eigenvalue weighted by atomic mass is 16.5. The molecule has 2 N–H and O–H groups in total. The van der Waals surface area contributed by atoms with Gasteiger partial charge in [-0.1, -0.05) is 23.4 Å². The Bertz CT molecular complexity index is 1000. The molecule has 1 aromatic carbocycles. The van der Waals surface area contributed by atoms with Crippen molar-refractivity contribution >= 4 is 16.8 Å². The molecular formula is C18H21N5O3. The molecule has 0 saturated heterocycles. The van der Waals surface area contributed by atoms with Crippen molar-refractivity contribution in [3.8, 4) is 0 Å². The van der Waals surface area contributed by atoms with Gasteiger partial charge in [0, 0.05) is 17.0 Å². The largest absolute Gasteiger partial charge is 0.340 e. The monoisotopic (exact) mass is 355 g/mol. The quantitative estimate of drug-likeness (QED) is 0.721. The maximum absolute atomic E-state index is 12.8. The lowest BCUT2D eigenvalue weighted by Crippen LogP contribution is -2.42. The number of carbonyl (C=O) groups is 1. The van der Waals surface area contributed by atoms with Gasteiger partial charge in [-0.25, -0.2) is 0 Å². The van der Waals surface area contributed by atoms with E-state index in [1.54, 1.807) is 32.0 Å². The number of hydrogen-bond donors (Lipinski definition) is 2. The minimum Gasteiger partial charge on any atom is -0.340 e. The molecule has 0 fully saturated rings. The number of rotatable bonds is 5. The number of carbonyl (C=O) groups excluding carboxylic acids is 1. The van der Waals surface area contributed by atoms with E-state index in [-0.39, 0.29) is 11.5 Å². The van der Waals surface area contributed by atoms with Crippen molar-refractivity contribution in [3.63, 3.8) is 0 Å². The lowest BCUT2D eigenvalue weighted by Gasteiger charge is -2.22. The van der Waals surface area contributed by atoms with E-state index >= 15 is 0 Å². The number of benzene rings is 1. The maximum Gasteiger partial charge on any atom is 0.252 e. The SMILES string of the molecule is CN(C)Cc1nc(C(C)(C)NC(=O)c2cc(=O)[nH]c3ccccc23)no1. The molecular weight excluding hydrogens is 334 g/mol. The maximum atomic E-state index is 12.8. The first-order valence-corrected chi connectivity index (χ1v) is 8.18. The van der Waals surface area contributed by atoms with Crippen molar-refractivity contribution in [2.45, 2.75) is 25.9 Å². The second-order valence-electron chi connectivity index (χ2n) is 6.92. The summed E-state index contributed by atoms with van der Waals surface area (Å²) in [5.41, 5.74) is -0.292. The van der Waals surface area contributed by atoms with Gasteiger partial charge in [-0.3, -0.25) is 9.59 Å². The van der Waals surface area contributed by atoms with Gasteiger partial charge >= 0.3 is 0 Å². The Morgan fingerprint density at radius 3 is 2.77 bits per heavy atom. The Labute approximate surface area is 150 Å². The highest BCUT2D eigenvalue weighted by Crippen LogP contribution is 2.20. The number of H-pyrrole nitrogens is 1. The van der Waals surface area contributed by atoms with Crippen LogP contribution >= 0.6 is 0 Å². The molecule has 3 rings (SSSR count). The minimum absolute atomic E-state index is 0.300. The number of nitrogens with zero attached hydrogens (tertiary/aromatic N) is 3. The molecule has 0 bridgehead atoms. The van der Waals surface area contributed by atoms with Crippen molar-refractivity contribution < 1.29 is 9.32 Å². The number of aromatic nitrogens is 3. The molecule has 0 aliphatic carbocycles. The summed E-state index contributed by atoms with van der Waals surface area (Å²) in [5.74, 6) is 0.460. The Kier molecular flexibility index (Phi) is 4.60. The summed E-state index contributed by atoms with van der Waals surface area (Å²) in [6.45, 7) is 4.07. The van der Waals surface area contributed by atoms with Gasteiger partial charge in [0.25, 0.3) is 5.91 Å². The number of aromatic amines is 1. The normalized spacial score (nSPS) is 11.9. The number of fused-ring (bicyclic) bond motifs is 1. The van der Waals surface area contributed by atoms with Gasteiger partial charge in [-0.2, -0.15) is 4.98 Å². The molecule has 26 heavy (non-hydrogen) atoms. The summed E-state index contributed by atoms with van der Waals surface area (Å²) in [7, 11) is 3.80. The average molecular weight is 355 g/mol. The van der Waals surface area contributed by atoms with Crippen LogP contribution in [-0.2, 0) is 12.1 Å². The van der Waals surface area contributed by atoms with E-state index in [0.29, 0.717) is 34.7 Å². The second kappa shape index (κ2) is 6.72. The molecule has 0 spiro atoms. The fourth-order valence-electron chi connectivity index (χ4n) is 2.64. The molecule has 0 aliphatic rings. The van der Waals surface area contributed by atoms with Crippen LogP contribution in [-0.4, -0.2) is 40.0 Å². The Hall–Kier alpha value is -3.00. The van der Waals surface area contributed by atoms with E-state index < -0.39 is 5.54 Å². The summed E-state index contributed by atoms with van der Waals surface area (Å²) in [6.07, 6.45) is 0. The smallest absolute Gasteiger partial charge is 0.252 e. The third-order valence-corrected chi connectivity index (χ3v) is 3.90.